The van der Waals surface area contributed by atoms with E-state index in [4.69, 9.17) is 5.26 Å². The SMILES string of the molecule is Cc1nn(C(C)C)c2ncc(C#N)cc12. The zero-order valence-corrected chi connectivity index (χ0v) is 9.02. The Bertz CT molecular complexity index is 545. The first-order chi connectivity index (χ1) is 7.13. The first-order valence-corrected chi connectivity index (χ1v) is 4.88. The van der Waals surface area contributed by atoms with E-state index in [0.29, 0.717) is 5.56 Å². The van der Waals surface area contributed by atoms with E-state index in [1.165, 1.54) is 0 Å². The van der Waals surface area contributed by atoms with E-state index in [1.54, 1.807) is 6.20 Å². The van der Waals surface area contributed by atoms with Gasteiger partial charge in [-0.25, -0.2) is 9.67 Å². The first kappa shape index (κ1) is 9.66. The van der Waals surface area contributed by atoms with Gasteiger partial charge in [-0.2, -0.15) is 10.4 Å². The summed E-state index contributed by atoms with van der Waals surface area (Å²) in [4.78, 5) is 4.27. The minimum absolute atomic E-state index is 0.279. The van der Waals surface area contributed by atoms with Crippen molar-refractivity contribution in [3.63, 3.8) is 0 Å². The maximum atomic E-state index is 8.79. The highest BCUT2D eigenvalue weighted by Crippen LogP contribution is 2.19. The fourth-order valence-corrected chi connectivity index (χ4v) is 1.59. The molecule has 0 aliphatic rings. The molecule has 0 fully saturated rings. The van der Waals surface area contributed by atoms with Crippen molar-refractivity contribution >= 4 is 11.0 Å². The fraction of sp³-hybridized carbons (Fsp3) is 0.364. The Balaban J connectivity index is 2.76. The van der Waals surface area contributed by atoms with Crippen LogP contribution in [0.2, 0.25) is 0 Å². The Kier molecular flexibility index (Phi) is 2.16. The van der Waals surface area contributed by atoms with Crippen LogP contribution in [0.5, 0.6) is 0 Å². The van der Waals surface area contributed by atoms with Gasteiger partial charge < -0.3 is 0 Å². The van der Waals surface area contributed by atoms with Crippen molar-refractivity contribution in [2.75, 3.05) is 0 Å². The predicted molar refractivity (Wildman–Crippen MR) is 57.4 cm³/mol. The van der Waals surface area contributed by atoms with E-state index >= 15 is 0 Å². The van der Waals surface area contributed by atoms with Crippen molar-refractivity contribution in [3.05, 3.63) is 23.5 Å². The highest BCUT2D eigenvalue weighted by Gasteiger charge is 2.11. The molecule has 0 radical (unpaired) electrons. The molecule has 76 valence electrons. The summed E-state index contributed by atoms with van der Waals surface area (Å²) in [5.41, 5.74) is 2.35. The third kappa shape index (κ3) is 1.46. The molecule has 15 heavy (non-hydrogen) atoms. The molecule has 0 saturated heterocycles. The summed E-state index contributed by atoms with van der Waals surface area (Å²) in [5.74, 6) is 0. The van der Waals surface area contributed by atoms with E-state index < -0.39 is 0 Å². The quantitative estimate of drug-likeness (QED) is 0.709. The normalized spacial score (nSPS) is 10.9. The molecule has 0 amide bonds. The number of hydrogen-bond acceptors (Lipinski definition) is 3. The van der Waals surface area contributed by atoms with Crippen LogP contribution in [-0.4, -0.2) is 14.8 Å². The first-order valence-electron chi connectivity index (χ1n) is 4.88. The molecule has 0 N–H and O–H groups in total. The van der Waals surface area contributed by atoms with Crippen LogP contribution in [0.15, 0.2) is 12.3 Å². The Morgan fingerprint density at radius 3 is 2.80 bits per heavy atom. The van der Waals surface area contributed by atoms with E-state index in [-0.39, 0.29) is 6.04 Å². The van der Waals surface area contributed by atoms with Crippen molar-refractivity contribution in [2.24, 2.45) is 0 Å². The lowest BCUT2D eigenvalue weighted by Gasteiger charge is -2.05. The summed E-state index contributed by atoms with van der Waals surface area (Å²) in [7, 11) is 0. The largest absolute Gasteiger partial charge is 0.245 e. The lowest BCUT2D eigenvalue weighted by Crippen LogP contribution is -2.03. The average molecular weight is 200 g/mol. The van der Waals surface area contributed by atoms with E-state index in [2.05, 4.69) is 30.0 Å². The second kappa shape index (κ2) is 3.35. The molecule has 0 atom stereocenters. The molecule has 2 aromatic rings. The second-order valence-corrected chi connectivity index (χ2v) is 3.83. The number of nitriles is 1. The Morgan fingerprint density at radius 2 is 2.20 bits per heavy atom. The summed E-state index contributed by atoms with van der Waals surface area (Å²) in [6.07, 6.45) is 1.59. The number of hydrogen-bond donors (Lipinski definition) is 0. The van der Waals surface area contributed by atoms with Crippen LogP contribution in [0.4, 0.5) is 0 Å². The predicted octanol–water partition coefficient (Wildman–Crippen LogP) is 2.19. The lowest BCUT2D eigenvalue weighted by molar-refractivity contribution is 0.542. The summed E-state index contributed by atoms with van der Waals surface area (Å²) in [6, 6.07) is 4.20. The second-order valence-electron chi connectivity index (χ2n) is 3.83. The molecule has 0 aromatic carbocycles. The molecular formula is C11H12N4. The van der Waals surface area contributed by atoms with Gasteiger partial charge in [-0.15, -0.1) is 0 Å². The third-order valence-electron chi connectivity index (χ3n) is 2.35. The smallest absolute Gasteiger partial charge is 0.158 e. The van der Waals surface area contributed by atoms with Crippen LogP contribution in [0.25, 0.3) is 11.0 Å². The fourth-order valence-electron chi connectivity index (χ4n) is 1.59. The van der Waals surface area contributed by atoms with Crippen LogP contribution in [0.1, 0.15) is 31.1 Å². The Labute approximate surface area is 88.2 Å². The zero-order chi connectivity index (χ0) is 11.0. The van der Waals surface area contributed by atoms with Crippen LogP contribution in [0, 0.1) is 18.3 Å². The topological polar surface area (TPSA) is 54.5 Å². The van der Waals surface area contributed by atoms with Crippen LogP contribution >= 0.6 is 0 Å². The van der Waals surface area contributed by atoms with Crippen molar-refractivity contribution in [1.82, 2.24) is 14.8 Å². The van der Waals surface area contributed by atoms with E-state index in [9.17, 15) is 0 Å². The summed E-state index contributed by atoms with van der Waals surface area (Å²) < 4.78 is 1.88. The molecule has 4 nitrogen and oxygen atoms in total. The summed E-state index contributed by atoms with van der Waals surface area (Å²) in [6.45, 7) is 6.06. The van der Waals surface area contributed by atoms with Gasteiger partial charge in [0.2, 0.25) is 0 Å². The zero-order valence-electron chi connectivity index (χ0n) is 9.02. The molecule has 0 bridgehead atoms. The van der Waals surface area contributed by atoms with Crippen molar-refractivity contribution in [2.45, 2.75) is 26.8 Å². The van der Waals surface area contributed by atoms with E-state index in [0.717, 1.165) is 16.7 Å². The van der Waals surface area contributed by atoms with Gasteiger partial charge in [-0.3, -0.25) is 0 Å². The van der Waals surface area contributed by atoms with Crippen molar-refractivity contribution < 1.29 is 0 Å². The van der Waals surface area contributed by atoms with Gasteiger partial charge in [0.05, 0.1) is 11.3 Å². The highest BCUT2D eigenvalue weighted by molar-refractivity contribution is 5.79. The number of pyridine rings is 1. The minimum atomic E-state index is 0.279. The number of fused-ring (bicyclic) bond motifs is 1. The van der Waals surface area contributed by atoms with Gasteiger partial charge in [0.25, 0.3) is 0 Å². The van der Waals surface area contributed by atoms with Gasteiger partial charge in [0.1, 0.15) is 6.07 Å². The standard InChI is InChI=1S/C11H12N4/c1-7(2)15-11-10(8(3)14-15)4-9(5-12)6-13-11/h4,6-7H,1-3H3. The van der Waals surface area contributed by atoms with Gasteiger partial charge in [-0.1, -0.05) is 0 Å². The number of aromatic nitrogens is 3. The number of nitrogens with zero attached hydrogens (tertiary/aromatic N) is 4. The highest BCUT2D eigenvalue weighted by atomic mass is 15.3. The van der Waals surface area contributed by atoms with Crippen molar-refractivity contribution in [1.29, 1.82) is 5.26 Å². The van der Waals surface area contributed by atoms with E-state index in [1.807, 2.05) is 17.7 Å². The Hall–Kier alpha value is -1.89. The molecular weight excluding hydrogens is 188 g/mol. The molecule has 0 saturated carbocycles. The van der Waals surface area contributed by atoms with Crippen molar-refractivity contribution in [3.8, 4) is 6.07 Å². The molecule has 0 unspecified atom stereocenters. The molecule has 2 aromatic heterocycles. The average Bonchev–Trinajstić information content (AvgIpc) is 2.56. The minimum Gasteiger partial charge on any atom is -0.245 e. The van der Waals surface area contributed by atoms with Crippen LogP contribution in [-0.2, 0) is 0 Å². The van der Waals surface area contributed by atoms with Gasteiger partial charge in [-0.05, 0) is 26.8 Å². The summed E-state index contributed by atoms with van der Waals surface area (Å²) in [5, 5.41) is 14.2. The molecule has 0 spiro atoms. The molecule has 0 aliphatic carbocycles. The molecule has 0 aliphatic heterocycles. The molecule has 2 heterocycles. The number of rotatable bonds is 1. The lowest BCUT2D eigenvalue weighted by atomic mass is 10.2. The molecule has 2 rings (SSSR count). The van der Waals surface area contributed by atoms with Gasteiger partial charge in [0, 0.05) is 17.6 Å². The van der Waals surface area contributed by atoms with Crippen LogP contribution in [0.3, 0.4) is 0 Å². The Morgan fingerprint density at radius 1 is 1.47 bits per heavy atom. The van der Waals surface area contributed by atoms with Crippen LogP contribution < -0.4 is 0 Å². The van der Waals surface area contributed by atoms with Gasteiger partial charge in [0.15, 0.2) is 5.65 Å². The summed E-state index contributed by atoms with van der Waals surface area (Å²) >= 11 is 0. The number of aryl methyl sites for hydroxylation is 1. The third-order valence-corrected chi connectivity index (χ3v) is 2.35. The maximum Gasteiger partial charge on any atom is 0.158 e. The maximum absolute atomic E-state index is 8.79. The molecule has 4 heteroatoms. The van der Waals surface area contributed by atoms with Gasteiger partial charge >= 0.3 is 0 Å². The monoisotopic (exact) mass is 200 g/mol.